The predicted octanol–water partition coefficient (Wildman–Crippen LogP) is 3.39. The SMILES string of the molecule is CCCCN(CCCC)C(=O)OC(C)(C)C(C)=O. The fourth-order valence-corrected chi connectivity index (χ4v) is 1.35. The molecule has 0 saturated carbocycles. The van der Waals surface area contributed by atoms with Crippen molar-refractivity contribution >= 4 is 11.9 Å². The number of ether oxygens (including phenoxy) is 1. The molecule has 0 atom stereocenters. The van der Waals surface area contributed by atoms with Gasteiger partial charge in [-0.05, 0) is 33.6 Å². The molecule has 18 heavy (non-hydrogen) atoms. The Kier molecular flexibility index (Phi) is 7.64. The van der Waals surface area contributed by atoms with Crippen molar-refractivity contribution in [3.63, 3.8) is 0 Å². The number of unbranched alkanes of at least 4 members (excludes halogenated alkanes) is 2. The Hall–Kier alpha value is -1.06. The molecule has 0 radical (unpaired) electrons. The van der Waals surface area contributed by atoms with Gasteiger partial charge in [-0.3, -0.25) is 4.79 Å². The molecule has 106 valence electrons. The van der Waals surface area contributed by atoms with Gasteiger partial charge in [-0.2, -0.15) is 0 Å². The second-order valence-corrected chi connectivity index (χ2v) is 5.13. The van der Waals surface area contributed by atoms with Crippen LogP contribution in [0.4, 0.5) is 4.79 Å². The Morgan fingerprint density at radius 3 is 1.83 bits per heavy atom. The zero-order valence-corrected chi connectivity index (χ0v) is 12.4. The summed E-state index contributed by atoms with van der Waals surface area (Å²) in [5.74, 6) is -0.137. The molecule has 0 N–H and O–H groups in total. The number of ketones is 1. The van der Waals surface area contributed by atoms with Crippen LogP contribution in [0.25, 0.3) is 0 Å². The minimum absolute atomic E-state index is 0.137. The maximum absolute atomic E-state index is 12.0. The van der Waals surface area contributed by atoms with E-state index in [4.69, 9.17) is 4.74 Å². The zero-order chi connectivity index (χ0) is 14.2. The lowest BCUT2D eigenvalue weighted by Crippen LogP contribution is -2.42. The van der Waals surface area contributed by atoms with Crippen molar-refractivity contribution in [1.29, 1.82) is 0 Å². The quantitative estimate of drug-likeness (QED) is 0.669. The third-order valence-electron chi connectivity index (χ3n) is 3.01. The molecule has 0 heterocycles. The number of amides is 1. The van der Waals surface area contributed by atoms with Crippen LogP contribution in [0, 0.1) is 0 Å². The molecule has 4 heteroatoms. The average molecular weight is 257 g/mol. The number of rotatable bonds is 8. The van der Waals surface area contributed by atoms with E-state index >= 15 is 0 Å². The van der Waals surface area contributed by atoms with Gasteiger partial charge in [0.25, 0.3) is 0 Å². The molecule has 0 fully saturated rings. The Bertz CT molecular complexity index is 266. The summed E-state index contributed by atoms with van der Waals surface area (Å²) in [7, 11) is 0. The van der Waals surface area contributed by atoms with E-state index in [-0.39, 0.29) is 11.9 Å². The maximum Gasteiger partial charge on any atom is 0.410 e. The van der Waals surface area contributed by atoms with Crippen molar-refractivity contribution in [3.05, 3.63) is 0 Å². The number of hydrogen-bond acceptors (Lipinski definition) is 3. The van der Waals surface area contributed by atoms with Gasteiger partial charge < -0.3 is 9.64 Å². The van der Waals surface area contributed by atoms with Crippen LogP contribution in [0.15, 0.2) is 0 Å². The molecule has 0 aliphatic rings. The van der Waals surface area contributed by atoms with Gasteiger partial charge in [0, 0.05) is 13.1 Å². The Morgan fingerprint density at radius 2 is 1.50 bits per heavy atom. The second kappa shape index (κ2) is 8.11. The molecule has 0 saturated heterocycles. The van der Waals surface area contributed by atoms with Crippen molar-refractivity contribution in [2.75, 3.05) is 13.1 Å². The van der Waals surface area contributed by atoms with E-state index in [0.29, 0.717) is 13.1 Å². The van der Waals surface area contributed by atoms with E-state index in [0.717, 1.165) is 25.7 Å². The van der Waals surface area contributed by atoms with Crippen molar-refractivity contribution in [2.24, 2.45) is 0 Å². The first-order valence-corrected chi connectivity index (χ1v) is 6.84. The average Bonchev–Trinajstić information content (AvgIpc) is 2.28. The lowest BCUT2D eigenvalue weighted by molar-refractivity contribution is -0.133. The first kappa shape index (κ1) is 16.9. The summed E-state index contributed by atoms with van der Waals surface area (Å²) in [5, 5.41) is 0. The van der Waals surface area contributed by atoms with Crippen LogP contribution in [-0.2, 0) is 9.53 Å². The summed E-state index contributed by atoms with van der Waals surface area (Å²) in [5.41, 5.74) is -1.03. The van der Waals surface area contributed by atoms with Crippen molar-refractivity contribution in [2.45, 2.75) is 65.9 Å². The van der Waals surface area contributed by atoms with Gasteiger partial charge in [-0.25, -0.2) is 4.79 Å². The number of hydrogen-bond donors (Lipinski definition) is 0. The molecule has 0 aliphatic carbocycles. The van der Waals surface area contributed by atoms with Crippen LogP contribution in [-0.4, -0.2) is 35.5 Å². The van der Waals surface area contributed by atoms with Gasteiger partial charge in [-0.15, -0.1) is 0 Å². The molecule has 0 aromatic heterocycles. The molecule has 0 rings (SSSR count). The van der Waals surface area contributed by atoms with Crippen molar-refractivity contribution in [1.82, 2.24) is 4.90 Å². The summed E-state index contributed by atoms with van der Waals surface area (Å²) in [6.07, 6.45) is 3.61. The fourth-order valence-electron chi connectivity index (χ4n) is 1.35. The molecule has 4 nitrogen and oxygen atoms in total. The molecular formula is C14H27NO3. The van der Waals surface area contributed by atoms with E-state index < -0.39 is 5.60 Å². The van der Waals surface area contributed by atoms with Crippen LogP contribution in [0.1, 0.15) is 60.3 Å². The lowest BCUT2D eigenvalue weighted by Gasteiger charge is -2.28. The molecule has 0 spiro atoms. The summed E-state index contributed by atoms with van der Waals surface area (Å²) in [6, 6.07) is 0. The molecule has 0 aromatic rings. The largest absolute Gasteiger partial charge is 0.435 e. The Balaban J connectivity index is 4.49. The van der Waals surface area contributed by atoms with E-state index in [1.54, 1.807) is 18.7 Å². The molecule has 0 aromatic carbocycles. The second-order valence-electron chi connectivity index (χ2n) is 5.13. The van der Waals surface area contributed by atoms with Crippen molar-refractivity contribution in [3.8, 4) is 0 Å². The van der Waals surface area contributed by atoms with Gasteiger partial charge in [0.05, 0.1) is 0 Å². The topological polar surface area (TPSA) is 46.6 Å². The number of Topliss-reactive ketones (excluding diaryl/α,β-unsaturated/α-hetero) is 1. The Labute approximate surface area is 111 Å². The molecule has 1 amide bonds. The monoisotopic (exact) mass is 257 g/mol. The highest BCUT2D eigenvalue weighted by atomic mass is 16.6. The van der Waals surface area contributed by atoms with Crippen LogP contribution in [0.2, 0.25) is 0 Å². The molecule has 0 bridgehead atoms. The van der Waals surface area contributed by atoms with Gasteiger partial charge in [0.1, 0.15) is 0 Å². The molecular weight excluding hydrogens is 230 g/mol. The standard InChI is InChI=1S/C14H27NO3/c1-6-8-10-15(11-9-7-2)13(17)18-14(4,5)12(3)16/h6-11H2,1-5H3. The highest BCUT2D eigenvalue weighted by Gasteiger charge is 2.30. The minimum atomic E-state index is -1.03. The minimum Gasteiger partial charge on any atom is -0.435 e. The van der Waals surface area contributed by atoms with Crippen LogP contribution in [0.3, 0.4) is 0 Å². The van der Waals surface area contributed by atoms with Gasteiger partial charge in [0.15, 0.2) is 11.4 Å². The van der Waals surface area contributed by atoms with E-state index in [1.165, 1.54) is 6.92 Å². The molecule has 0 unspecified atom stereocenters. The first-order chi connectivity index (χ1) is 8.35. The van der Waals surface area contributed by atoms with Gasteiger partial charge in [-0.1, -0.05) is 26.7 Å². The number of nitrogens with zero attached hydrogens (tertiary/aromatic N) is 1. The number of carbonyl (C=O) groups excluding carboxylic acids is 2. The van der Waals surface area contributed by atoms with E-state index in [9.17, 15) is 9.59 Å². The lowest BCUT2D eigenvalue weighted by atomic mass is 10.1. The summed E-state index contributed by atoms with van der Waals surface area (Å²) in [4.78, 5) is 25.1. The third-order valence-corrected chi connectivity index (χ3v) is 3.01. The highest BCUT2D eigenvalue weighted by Crippen LogP contribution is 2.13. The predicted molar refractivity (Wildman–Crippen MR) is 72.6 cm³/mol. The van der Waals surface area contributed by atoms with Crippen LogP contribution >= 0.6 is 0 Å². The van der Waals surface area contributed by atoms with E-state index in [2.05, 4.69) is 13.8 Å². The summed E-state index contributed by atoms with van der Waals surface area (Å²) < 4.78 is 5.29. The van der Waals surface area contributed by atoms with Gasteiger partial charge in [0.2, 0.25) is 0 Å². The normalized spacial score (nSPS) is 11.2. The Morgan fingerprint density at radius 1 is 1.06 bits per heavy atom. The summed E-state index contributed by atoms with van der Waals surface area (Å²) in [6.45, 7) is 10.3. The number of carbonyl (C=O) groups is 2. The van der Waals surface area contributed by atoms with Crippen LogP contribution < -0.4 is 0 Å². The zero-order valence-electron chi connectivity index (χ0n) is 12.4. The highest BCUT2D eigenvalue weighted by molar-refractivity contribution is 5.86. The maximum atomic E-state index is 12.0. The van der Waals surface area contributed by atoms with Crippen molar-refractivity contribution < 1.29 is 14.3 Å². The first-order valence-electron chi connectivity index (χ1n) is 6.84. The van der Waals surface area contributed by atoms with Gasteiger partial charge >= 0.3 is 6.09 Å². The van der Waals surface area contributed by atoms with Crippen LogP contribution in [0.5, 0.6) is 0 Å². The fraction of sp³-hybridized carbons (Fsp3) is 0.857. The third kappa shape index (κ3) is 6.03. The van der Waals surface area contributed by atoms with E-state index in [1.807, 2.05) is 0 Å². The smallest absolute Gasteiger partial charge is 0.410 e. The molecule has 0 aliphatic heterocycles. The summed E-state index contributed by atoms with van der Waals surface area (Å²) >= 11 is 0.